The van der Waals surface area contributed by atoms with Gasteiger partial charge in [0.15, 0.2) is 11.5 Å². The number of methoxy groups -OCH3 is 1. The highest BCUT2D eigenvalue weighted by molar-refractivity contribution is 6.35. The van der Waals surface area contributed by atoms with Crippen molar-refractivity contribution >= 4 is 23.2 Å². The van der Waals surface area contributed by atoms with Crippen molar-refractivity contribution in [3.05, 3.63) is 80.3 Å². The van der Waals surface area contributed by atoms with Gasteiger partial charge in [0.1, 0.15) is 18.2 Å². The van der Waals surface area contributed by atoms with E-state index >= 15 is 0 Å². The third-order valence-corrected chi connectivity index (χ3v) is 5.64. The smallest absolute Gasteiger partial charge is 0.244 e. The van der Waals surface area contributed by atoms with E-state index in [9.17, 15) is 5.26 Å². The van der Waals surface area contributed by atoms with Gasteiger partial charge in [0.25, 0.3) is 0 Å². The summed E-state index contributed by atoms with van der Waals surface area (Å²) in [5.74, 6) is 0.983. The largest absolute Gasteiger partial charge is 0.493 e. The summed E-state index contributed by atoms with van der Waals surface area (Å²) in [6.07, 6.45) is 0. The van der Waals surface area contributed by atoms with Crippen molar-refractivity contribution in [2.75, 3.05) is 7.11 Å². The van der Waals surface area contributed by atoms with E-state index in [1.54, 1.807) is 25.3 Å². The van der Waals surface area contributed by atoms with E-state index < -0.39 is 5.92 Å². The van der Waals surface area contributed by atoms with E-state index in [4.69, 9.17) is 43.1 Å². The fourth-order valence-electron chi connectivity index (χ4n) is 3.51. The van der Waals surface area contributed by atoms with Crippen molar-refractivity contribution in [2.24, 2.45) is 5.73 Å². The van der Waals surface area contributed by atoms with Gasteiger partial charge < -0.3 is 19.9 Å². The lowest BCUT2D eigenvalue weighted by atomic mass is 9.84. The SMILES string of the molecule is COc1cc([C@@H]2C(C#N)=C(N)Oc3n[nH]c(C)c32)ccc1OCc1ccc(Cl)cc1Cl. The summed E-state index contributed by atoms with van der Waals surface area (Å²) < 4.78 is 17.0. The number of H-pyrrole nitrogens is 1. The maximum Gasteiger partial charge on any atom is 0.244 e. The number of nitrogens with zero attached hydrogens (tertiary/aromatic N) is 2. The minimum atomic E-state index is -0.443. The number of aryl methyl sites for hydroxylation is 1. The van der Waals surface area contributed by atoms with Gasteiger partial charge in [-0.25, -0.2) is 0 Å². The average Bonchev–Trinajstić information content (AvgIpc) is 3.12. The number of aromatic nitrogens is 2. The molecule has 158 valence electrons. The molecule has 7 nitrogen and oxygen atoms in total. The number of benzene rings is 2. The van der Waals surface area contributed by atoms with E-state index in [0.29, 0.717) is 33.0 Å². The summed E-state index contributed by atoms with van der Waals surface area (Å²) in [7, 11) is 1.55. The van der Waals surface area contributed by atoms with Crippen LogP contribution in [-0.4, -0.2) is 17.3 Å². The van der Waals surface area contributed by atoms with Gasteiger partial charge in [-0.15, -0.1) is 5.10 Å². The second kappa shape index (κ2) is 8.42. The van der Waals surface area contributed by atoms with Crippen LogP contribution in [0.3, 0.4) is 0 Å². The molecule has 3 N–H and O–H groups in total. The van der Waals surface area contributed by atoms with Gasteiger partial charge in [0, 0.05) is 26.9 Å². The Morgan fingerprint density at radius 1 is 1.23 bits per heavy atom. The zero-order valence-electron chi connectivity index (χ0n) is 16.7. The molecule has 2 heterocycles. The number of nitriles is 1. The van der Waals surface area contributed by atoms with Gasteiger partial charge in [0.2, 0.25) is 11.8 Å². The van der Waals surface area contributed by atoms with Crippen molar-refractivity contribution in [2.45, 2.75) is 19.4 Å². The molecule has 1 atom stereocenters. The van der Waals surface area contributed by atoms with Crippen molar-refractivity contribution < 1.29 is 14.2 Å². The molecule has 3 aromatic rings. The summed E-state index contributed by atoms with van der Waals surface area (Å²) in [4.78, 5) is 0. The molecule has 0 radical (unpaired) electrons. The third kappa shape index (κ3) is 3.88. The lowest BCUT2D eigenvalue weighted by molar-refractivity contribution is 0.284. The first-order chi connectivity index (χ1) is 14.9. The maximum atomic E-state index is 9.71. The molecule has 1 aliphatic heterocycles. The van der Waals surface area contributed by atoms with Crippen LogP contribution in [-0.2, 0) is 6.61 Å². The van der Waals surface area contributed by atoms with E-state index in [1.807, 2.05) is 25.1 Å². The number of rotatable bonds is 5. The lowest BCUT2D eigenvalue weighted by Gasteiger charge is -2.24. The zero-order valence-corrected chi connectivity index (χ0v) is 18.2. The standard InChI is InChI=1S/C22H18Cl2N4O3/c1-11-19-20(15(9-25)21(26)31-22(19)28-27-11)12-4-6-17(18(7-12)29-2)30-10-13-3-5-14(23)8-16(13)24/h3-8,20H,10,26H2,1-2H3,(H,27,28)/t20-/m1/s1. The fourth-order valence-corrected chi connectivity index (χ4v) is 3.97. The summed E-state index contributed by atoms with van der Waals surface area (Å²) in [5.41, 5.74) is 9.42. The summed E-state index contributed by atoms with van der Waals surface area (Å²) in [5, 5.41) is 17.8. The Bertz CT molecular complexity index is 1230. The normalized spacial score (nSPS) is 15.1. The first kappa shape index (κ1) is 20.9. The monoisotopic (exact) mass is 456 g/mol. The van der Waals surface area contributed by atoms with E-state index in [0.717, 1.165) is 22.4 Å². The predicted octanol–water partition coefficient (Wildman–Crippen LogP) is 4.83. The van der Waals surface area contributed by atoms with Crippen LogP contribution in [0.1, 0.15) is 28.3 Å². The number of fused-ring (bicyclic) bond motifs is 1. The van der Waals surface area contributed by atoms with Crippen LogP contribution in [0.2, 0.25) is 10.0 Å². The van der Waals surface area contributed by atoms with E-state index in [1.165, 1.54) is 0 Å². The van der Waals surface area contributed by atoms with E-state index in [2.05, 4.69) is 16.3 Å². The highest BCUT2D eigenvalue weighted by Gasteiger charge is 2.34. The number of aromatic amines is 1. The first-order valence-corrected chi connectivity index (χ1v) is 10.1. The van der Waals surface area contributed by atoms with Gasteiger partial charge >= 0.3 is 0 Å². The molecule has 0 unspecified atom stereocenters. The van der Waals surface area contributed by atoms with Crippen molar-refractivity contribution in [1.29, 1.82) is 5.26 Å². The molecule has 0 aliphatic carbocycles. The molecule has 9 heteroatoms. The summed E-state index contributed by atoms with van der Waals surface area (Å²) >= 11 is 12.2. The average molecular weight is 457 g/mol. The van der Waals surface area contributed by atoms with Crippen molar-refractivity contribution in [3.8, 4) is 23.4 Å². The number of halogens is 2. The van der Waals surface area contributed by atoms with Crippen LogP contribution in [0.15, 0.2) is 47.9 Å². The quantitative estimate of drug-likeness (QED) is 0.569. The van der Waals surface area contributed by atoms with Gasteiger partial charge in [-0.2, -0.15) is 5.26 Å². The number of hydrogen-bond donors (Lipinski definition) is 2. The molecule has 1 aromatic heterocycles. The Kier molecular flexibility index (Phi) is 5.68. The molecule has 1 aliphatic rings. The number of nitrogens with two attached hydrogens (primary N) is 1. The van der Waals surface area contributed by atoms with Crippen molar-refractivity contribution in [3.63, 3.8) is 0 Å². The Morgan fingerprint density at radius 3 is 2.74 bits per heavy atom. The summed E-state index contributed by atoms with van der Waals surface area (Å²) in [6.45, 7) is 2.10. The molecule has 0 bridgehead atoms. The van der Waals surface area contributed by atoms with Gasteiger partial charge in [0.05, 0.1) is 13.0 Å². The molecule has 0 saturated carbocycles. The highest BCUT2D eigenvalue weighted by Crippen LogP contribution is 2.44. The second-order valence-corrected chi connectivity index (χ2v) is 7.77. The van der Waals surface area contributed by atoms with Crippen LogP contribution >= 0.6 is 23.2 Å². The molecular weight excluding hydrogens is 439 g/mol. The molecule has 0 fully saturated rings. The Balaban J connectivity index is 1.68. The minimum absolute atomic E-state index is 0.0307. The van der Waals surface area contributed by atoms with Crippen LogP contribution in [0.25, 0.3) is 0 Å². The molecule has 0 amide bonds. The van der Waals surface area contributed by atoms with Crippen LogP contribution in [0, 0.1) is 18.3 Å². The van der Waals surface area contributed by atoms with Crippen LogP contribution < -0.4 is 19.9 Å². The lowest BCUT2D eigenvalue weighted by Crippen LogP contribution is -2.21. The molecule has 2 aromatic carbocycles. The van der Waals surface area contributed by atoms with E-state index in [-0.39, 0.29) is 12.5 Å². The maximum absolute atomic E-state index is 9.71. The number of nitrogens with one attached hydrogen (secondary N) is 1. The third-order valence-electron chi connectivity index (χ3n) is 5.05. The van der Waals surface area contributed by atoms with Crippen LogP contribution in [0.5, 0.6) is 17.4 Å². The van der Waals surface area contributed by atoms with Gasteiger partial charge in [-0.05, 0) is 36.8 Å². The number of allylic oxidation sites excluding steroid dienone is 1. The predicted molar refractivity (Wildman–Crippen MR) is 116 cm³/mol. The number of ether oxygens (including phenoxy) is 3. The summed E-state index contributed by atoms with van der Waals surface area (Å²) in [6, 6.07) is 12.8. The first-order valence-electron chi connectivity index (χ1n) is 9.30. The Hall–Kier alpha value is -3.34. The molecule has 0 spiro atoms. The highest BCUT2D eigenvalue weighted by atomic mass is 35.5. The Morgan fingerprint density at radius 2 is 2.03 bits per heavy atom. The van der Waals surface area contributed by atoms with Gasteiger partial charge in [-0.1, -0.05) is 35.3 Å². The second-order valence-electron chi connectivity index (χ2n) is 6.93. The molecule has 0 saturated heterocycles. The zero-order chi connectivity index (χ0) is 22.1. The number of hydrogen-bond acceptors (Lipinski definition) is 6. The Labute approximate surface area is 188 Å². The minimum Gasteiger partial charge on any atom is -0.493 e. The molecular formula is C22H18Cl2N4O3. The van der Waals surface area contributed by atoms with Gasteiger partial charge in [-0.3, -0.25) is 5.10 Å². The topological polar surface area (TPSA) is 106 Å². The molecule has 4 rings (SSSR count). The van der Waals surface area contributed by atoms with Crippen molar-refractivity contribution in [1.82, 2.24) is 10.2 Å². The fraction of sp³-hybridized carbons (Fsp3) is 0.182. The van der Waals surface area contributed by atoms with Crippen LogP contribution in [0.4, 0.5) is 0 Å². The molecule has 31 heavy (non-hydrogen) atoms.